The molecule has 1 atom stereocenters. The lowest BCUT2D eigenvalue weighted by Gasteiger charge is -2.27. The summed E-state index contributed by atoms with van der Waals surface area (Å²) in [6.07, 6.45) is 2.77. The number of nitrogens with one attached hydrogen (secondary N) is 2. The van der Waals surface area contributed by atoms with Crippen molar-refractivity contribution in [2.75, 3.05) is 13.1 Å². The molecule has 1 saturated heterocycles. The fraction of sp³-hybridized carbons (Fsp3) is 0.909. The van der Waals surface area contributed by atoms with Gasteiger partial charge in [0.15, 0.2) is 0 Å². The highest BCUT2D eigenvalue weighted by atomic mass is 16.4. The topological polar surface area (TPSA) is 61.4 Å². The summed E-state index contributed by atoms with van der Waals surface area (Å²) in [5.41, 5.74) is 0. The lowest BCUT2D eigenvalue weighted by atomic mass is 10.0. The molecule has 0 spiro atoms. The molecule has 1 fully saturated rings. The standard InChI is InChI=1S/C11H22N2O2/c1-8(2)7-10(11(14)15)13-9-3-5-12-6-4-9/h8-10,12-13H,3-7H2,1-2H3,(H,14,15)/t10-/m0/s1. The maximum Gasteiger partial charge on any atom is 0.320 e. The van der Waals surface area contributed by atoms with Crippen molar-refractivity contribution in [2.45, 2.75) is 45.2 Å². The number of carboxylic acid groups (broad SMARTS) is 1. The number of hydrogen-bond acceptors (Lipinski definition) is 3. The summed E-state index contributed by atoms with van der Waals surface area (Å²) in [7, 11) is 0. The summed E-state index contributed by atoms with van der Waals surface area (Å²) in [6.45, 7) is 6.09. The van der Waals surface area contributed by atoms with Gasteiger partial charge in [-0.2, -0.15) is 0 Å². The fourth-order valence-corrected chi connectivity index (χ4v) is 1.98. The maximum absolute atomic E-state index is 11.0. The highest BCUT2D eigenvalue weighted by molar-refractivity contribution is 5.73. The van der Waals surface area contributed by atoms with Gasteiger partial charge < -0.3 is 15.7 Å². The van der Waals surface area contributed by atoms with E-state index in [1.807, 2.05) is 0 Å². The molecule has 3 N–H and O–H groups in total. The molecule has 1 rings (SSSR count). The molecule has 88 valence electrons. The summed E-state index contributed by atoms with van der Waals surface area (Å²) in [5, 5.41) is 15.6. The van der Waals surface area contributed by atoms with Crippen molar-refractivity contribution < 1.29 is 9.90 Å². The third-order valence-corrected chi connectivity index (χ3v) is 2.78. The van der Waals surface area contributed by atoms with Gasteiger partial charge in [0.25, 0.3) is 0 Å². The van der Waals surface area contributed by atoms with E-state index in [9.17, 15) is 4.79 Å². The average molecular weight is 214 g/mol. The Kier molecular flexibility index (Phi) is 5.05. The molecule has 4 heteroatoms. The van der Waals surface area contributed by atoms with E-state index in [-0.39, 0.29) is 6.04 Å². The smallest absolute Gasteiger partial charge is 0.320 e. The molecular formula is C11H22N2O2. The quantitative estimate of drug-likeness (QED) is 0.634. The second-order valence-corrected chi connectivity index (χ2v) is 4.71. The fourth-order valence-electron chi connectivity index (χ4n) is 1.98. The van der Waals surface area contributed by atoms with Crippen molar-refractivity contribution in [3.8, 4) is 0 Å². The summed E-state index contributed by atoms with van der Waals surface area (Å²) >= 11 is 0. The number of piperidine rings is 1. The number of carbonyl (C=O) groups is 1. The Morgan fingerprint density at radius 2 is 2.07 bits per heavy atom. The number of hydrogen-bond donors (Lipinski definition) is 3. The Labute approximate surface area is 91.4 Å². The number of aliphatic carboxylic acids is 1. The molecule has 1 aliphatic rings. The molecule has 0 aromatic heterocycles. The van der Waals surface area contributed by atoms with Gasteiger partial charge in [0.1, 0.15) is 6.04 Å². The zero-order valence-electron chi connectivity index (χ0n) is 9.62. The van der Waals surface area contributed by atoms with Crippen molar-refractivity contribution in [3.05, 3.63) is 0 Å². The van der Waals surface area contributed by atoms with E-state index in [2.05, 4.69) is 24.5 Å². The maximum atomic E-state index is 11.0. The van der Waals surface area contributed by atoms with E-state index >= 15 is 0 Å². The molecule has 0 saturated carbocycles. The second kappa shape index (κ2) is 6.08. The van der Waals surface area contributed by atoms with Gasteiger partial charge in [0.2, 0.25) is 0 Å². The van der Waals surface area contributed by atoms with E-state index < -0.39 is 5.97 Å². The monoisotopic (exact) mass is 214 g/mol. The molecule has 1 aliphatic heterocycles. The molecule has 0 bridgehead atoms. The highest BCUT2D eigenvalue weighted by Gasteiger charge is 2.23. The molecular weight excluding hydrogens is 192 g/mol. The second-order valence-electron chi connectivity index (χ2n) is 4.71. The average Bonchev–Trinajstić information content (AvgIpc) is 2.17. The Balaban J connectivity index is 2.38. The van der Waals surface area contributed by atoms with Crippen LogP contribution >= 0.6 is 0 Å². The lowest BCUT2D eigenvalue weighted by molar-refractivity contribution is -0.140. The van der Waals surface area contributed by atoms with Gasteiger partial charge in [0, 0.05) is 6.04 Å². The van der Waals surface area contributed by atoms with Crippen LogP contribution in [0.4, 0.5) is 0 Å². The Bertz CT molecular complexity index is 201. The molecule has 0 aromatic rings. The van der Waals surface area contributed by atoms with Crippen LogP contribution in [-0.2, 0) is 4.79 Å². The van der Waals surface area contributed by atoms with E-state index in [0.717, 1.165) is 25.9 Å². The van der Waals surface area contributed by atoms with Crippen LogP contribution in [0.15, 0.2) is 0 Å². The van der Waals surface area contributed by atoms with Crippen LogP contribution < -0.4 is 10.6 Å². The molecule has 0 amide bonds. The van der Waals surface area contributed by atoms with Crippen molar-refractivity contribution in [1.29, 1.82) is 0 Å². The van der Waals surface area contributed by atoms with Crippen LogP contribution in [0, 0.1) is 5.92 Å². The van der Waals surface area contributed by atoms with Crippen LogP contribution in [0.5, 0.6) is 0 Å². The molecule has 0 aliphatic carbocycles. The zero-order valence-corrected chi connectivity index (χ0v) is 9.62. The predicted octanol–water partition coefficient (Wildman–Crippen LogP) is 0.827. The van der Waals surface area contributed by atoms with Crippen LogP contribution in [-0.4, -0.2) is 36.2 Å². The Morgan fingerprint density at radius 1 is 1.47 bits per heavy atom. The molecule has 15 heavy (non-hydrogen) atoms. The van der Waals surface area contributed by atoms with E-state index in [1.54, 1.807) is 0 Å². The minimum atomic E-state index is -0.720. The SMILES string of the molecule is CC(C)C[C@H](NC1CCNCC1)C(=O)O. The van der Waals surface area contributed by atoms with Crippen LogP contribution in [0.1, 0.15) is 33.1 Å². The van der Waals surface area contributed by atoms with E-state index in [1.165, 1.54) is 0 Å². The third-order valence-electron chi connectivity index (χ3n) is 2.78. The van der Waals surface area contributed by atoms with Crippen molar-refractivity contribution >= 4 is 5.97 Å². The molecule has 4 nitrogen and oxygen atoms in total. The molecule has 0 unspecified atom stereocenters. The summed E-state index contributed by atoms with van der Waals surface area (Å²) in [4.78, 5) is 11.0. The van der Waals surface area contributed by atoms with Crippen LogP contribution in [0.25, 0.3) is 0 Å². The van der Waals surface area contributed by atoms with Gasteiger partial charge in [-0.05, 0) is 38.3 Å². The molecule has 0 aromatic carbocycles. The predicted molar refractivity (Wildman–Crippen MR) is 59.9 cm³/mol. The van der Waals surface area contributed by atoms with Crippen LogP contribution in [0.2, 0.25) is 0 Å². The summed E-state index contributed by atoms with van der Waals surface area (Å²) in [6, 6.07) is -0.0146. The van der Waals surface area contributed by atoms with Crippen molar-refractivity contribution in [1.82, 2.24) is 10.6 Å². The normalized spacial score (nSPS) is 20.5. The lowest BCUT2D eigenvalue weighted by Crippen LogP contribution is -2.48. The minimum absolute atomic E-state index is 0.367. The summed E-state index contributed by atoms with van der Waals surface area (Å²) in [5.74, 6) is -0.303. The largest absolute Gasteiger partial charge is 0.480 e. The van der Waals surface area contributed by atoms with Crippen molar-refractivity contribution in [3.63, 3.8) is 0 Å². The Morgan fingerprint density at radius 3 is 2.53 bits per heavy atom. The van der Waals surface area contributed by atoms with Gasteiger partial charge in [-0.25, -0.2) is 0 Å². The Hall–Kier alpha value is -0.610. The van der Waals surface area contributed by atoms with Gasteiger partial charge in [-0.15, -0.1) is 0 Å². The first-order valence-electron chi connectivity index (χ1n) is 5.79. The first-order valence-corrected chi connectivity index (χ1v) is 5.79. The number of carboxylic acids is 1. The van der Waals surface area contributed by atoms with E-state index in [0.29, 0.717) is 18.4 Å². The zero-order chi connectivity index (χ0) is 11.3. The minimum Gasteiger partial charge on any atom is -0.480 e. The first-order chi connectivity index (χ1) is 7.09. The highest BCUT2D eigenvalue weighted by Crippen LogP contribution is 2.09. The van der Waals surface area contributed by atoms with Gasteiger partial charge in [-0.3, -0.25) is 4.79 Å². The molecule has 0 radical (unpaired) electrons. The van der Waals surface area contributed by atoms with Crippen molar-refractivity contribution in [2.24, 2.45) is 5.92 Å². The van der Waals surface area contributed by atoms with Gasteiger partial charge in [0.05, 0.1) is 0 Å². The summed E-state index contributed by atoms with van der Waals surface area (Å²) < 4.78 is 0. The van der Waals surface area contributed by atoms with Gasteiger partial charge >= 0.3 is 5.97 Å². The third kappa shape index (κ3) is 4.62. The molecule has 1 heterocycles. The van der Waals surface area contributed by atoms with Gasteiger partial charge in [-0.1, -0.05) is 13.8 Å². The number of rotatable bonds is 5. The van der Waals surface area contributed by atoms with E-state index in [4.69, 9.17) is 5.11 Å². The first kappa shape index (κ1) is 12.5. The van der Waals surface area contributed by atoms with Crippen LogP contribution in [0.3, 0.4) is 0 Å².